The molecule has 14 nitrogen and oxygen atoms in total. The van der Waals surface area contributed by atoms with Crippen LogP contribution in [0.25, 0.3) is 0 Å². The summed E-state index contributed by atoms with van der Waals surface area (Å²) in [5.41, 5.74) is 0. The number of hydroxylamine groups is 4. The van der Waals surface area contributed by atoms with E-state index in [0.29, 0.717) is 0 Å². The lowest BCUT2D eigenvalue weighted by atomic mass is 10.7. The van der Waals surface area contributed by atoms with Gasteiger partial charge in [-0.3, -0.25) is 0 Å². The summed E-state index contributed by atoms with van der Waals surface area (Å²) in [5.74, 6) is 0. The molecule has 0 heterocycles. The maximum Gasteiger partial charge on any atom is 0.716 e. The van der Waals surface area contributed by atoms with Gasteiger partial charge in [-0.1, -0.05) is 0 Å². The first kappa shape index (κ1) is 20.0. The van der Waals surface area contributed by atoms with Crippen molar-refractivity contribution in [2.45, 2.75) is 0 Å². The predicted octanol–water partition coefficient (Wildman–Crippen LogP) is -0.0844. The number of hydrogen-bond donors (Lipinski definition) is 4. The van der Waals surface area contributed by atoms with Crippen LogP contribution in [-0.2, 0) is 36.8 Å². The van der Waals surface area contributed by atoms with Crippen molar-refractivity contribution in [3.8, 4) is 0 Å². The SMILES string of the molecule is O=[P+](O)ON(CCN(O[P+](=O)O)O[P+](=O)O)O[P+](=O)O. The molecule has 0 bridgehead atoms. The van der Waals surface area contributed by atoms with E-state index in [-0.39, 0.29) is 10.5 Å². The van der Waals surface area contributed by atoms with Gasteiger partial charge in [-0.2, -0.15) is 0 Å². The molecular weight excluding hydrogens is 368 g/mol. The molecule has 0 spiro atoms. The fourth-order valence-electron chi connectivity index (χ4n) is 0.668. The highest BCUT2D eigenvalue weighted by Crippen LogP contribution is 2.27. The van der Waals surface area contributed by atoms with Gasteiger partial charge in [0.1, 0.15) is 0 Å². The van der Waals surface area contributed by atoms with E-state index in [0.717, 1.165) is 0 Å². The highest BCUT2D eigenvalue weighted by atomic mass is 31.1. The highest BCUT2D eigenvalue weighted by molar-refractivity contribution is 7.33. The van der Waals surface area contributed by atoms with Crippen molar-refractivity contribution in [2.24, 2.45) is 0 Å². The van der Waals surface area contributed by atoms with Crippen molar-refractivity contribution in [1.82, 2.24) is 10.5 Å². The molecular formula is C2H8N2O12P4+4. The Bertz CT molecular complexity index is 320. The molecule has 0 amide bonds. The Hall–Kier alpha value is -0.000000000000000132. The molecule has 0 aliphatic carbocycles. The molecule has 0 aromatic heterocycles. The van der Waals surface area contributed by atoms with E-state index in [4.69, 9.17) is 19.6 Å². The molecule has 4 unspecified atom stereocenters. The Morgan fingerprint density at radius 3 is 0.950 bits per heavy atom. The van der Waals surface area contributed by atoms with Crippen molar-refractivity contribution in [1.29, 1.82) is 0 Å². The first-order chi connectivity index (χ1) is 9.20. The quantitative estimate of drug-likeness (QED) is 0.276. The Morgan fingerprint density at radius 2 is 0.800 bits per heavy atom. The van der Waals surface area contributed by atoms with Crippen molar-refractivity contribution < 1.29 is 56.3 Å². The van der Waals surface area contributed by atoms with E-state index in [2.05, 4.69) is 18.5 Å². The van der Waals surface area contributed by atoms with Crippen LogP contribution in [0, 0.1) is 0 Å². The standard InChI is InChI=1S/C2H4N2O12P4/c5-17(6)13-3(14-18(7)8)1-2-4(15-19(9)10)16-20(11)12/h1-2H2/p+4. The van der Waals surface area contributed by atoms with E-state index in [1.807, 2.05) is 0 Å². The summed E-state index contributed by atoms with van der Waals surface area (Å²) in [4.78, 5) is 33.7. The van der Waals surface area contributed by atoms with Gasteiger partial charge >= 0.3 is 33.0 Å². The molecule has 4 atom stereocenters. The molecule has 20 heavy (non-hydrogen) atoms. The predicted molar refractivity (Wildman–Crippen MR) is 57.1 cm³/mol. The fourth-order valence-corrected chi connectivity index (χ4v) is 1.86. The Balaban J connectivity index is 4.49. The van der Waals surface area contributed by atoms with Gasteiger partial charge in [0.05, 0.1) is 13.1 Å². The number of nitrogens with zero attached hydrogens (tertiary/aromatic N) is 2. The van der Waals surface area contributed by atoms with Gasteiger partial charge in [0.25, 0.3) is 0 Å². The third-order valence-corrected chi connectivity index (χ3v) is 2.40. The summed E-state index contributed by atoms with van der Waals surface area (Å²) in [6.45, 7) is -1.29. The van der Waals surface area contributed by atoms with Crippen molar-refractivity contribution >= 4 is 33.0 Å². The summed E-state index contributed by atoms with van der Waals surface area (Å²) in [6.07, 6.45) is 0. The topological polar surface area (TPSA) is 193 Å². The molecule has 0 aliphatic rings. The molecule has 0 aliphatic heterocycles. The van der Waals surface area contributed by atoms with Crippen LogP contribution >= 0.6 is 33.0 Å². The van der Waals surface area contributed by atoms with Crippen LogP contribution in [0.15, 0.2) is 0 Å². The van der Waals surface area contributed by atoms with Crippen molar-refractivity contribution in [2.75, 3.05) is 13.1 Å². The van der Waals surface area contributed by atoms with E-state index >= 15 is 0 Å². The van der Waals surface area contributed by atoms with Gasteiger partial charge in [0.15, 0.2) is 0 Å². The third-order valence-electron chi connectivity index (χ3n) is 1.11. The monoisotopic (exact) mass is 376 g/mol. The third kappa shape index (κ3) is 11.8. The van der Waals surface area contributed by atoms with Gasteiger partial charge in [-0.25, -0.2) is 0 Å². The van der Waals surface area contributed by atoms with Gasteiger partial charge in [-0.15, -0.1) is 19.6 Å². The molecule has 0 fully saturated rings. The summed E-state index contributed by atoms with van der Waals surface area (Å²) in [7, 11) is -13.0. The van der Waals surface area contributed by atoms with Crippen LogP contribution in [0.2, 0.25) is 0 Å². The Morgan fingerprint density at radius 1 is 0.600 bits per heavy atom. The van der Waals surface area contributed by atoms with Crippen molar-refractivity contribution in [3.63, 3.8) is 0 Å². The second-order valence-corrected chi connectivity index (χ2v) is 4.95. The molecule has 0 saturated carbocycles. The van der Waals surface area contributed by atoms with E-state index in [1.54, 1.807) is 0 Å². The maximum atomic E-state index is 10.4. The van der Waals surface area contributed by atoms with E-state index in [1.165, 1.54) is 0 Å². The molecule has 0 rings (SSSR count). The van der Waals surface area contributed by atoms with Gasteiger partial charge in [0.2, 0.25) is 0 Å². The Kier molecular flexibility index (Phi) is 10.7. The van der Waals surface area contributed by atoms with Crippen LogP contribution < -0.4 is 0 Å². The fraction of sp³-hybridized carbons (Fsp3) is 1.00. The average Bonchev–Trinajstić information content (AvgIpc) is 2.22. The van der Waals surface area contributed by atoms with Crippen molar-refractivity contribution in [3.05, 3.63) is 0 Å². The lowest BCUT2D eigenvalue weighted by Gasteiger charge is -2.07. The first-order valence-corrected chi connectivity index (χ1v) is 8.64. The van der Waals surface area contributed by atoms with Crippen LogP contribution in [-0.4, -0.2) is 43.1 Å². The zero-order valence-corrected chi connectivity index (χ0v) is 12.7. The maximum absolute atomic E-state index is 10.4. The molecule has 0 radical (unpaired) electrons. The normalized spacial score (nSPS) is 14.5. The molecule has 0 aromatic rings. The highest BCUT2D eigenvalue weighted by Gasteiger charge is 2.35. The minimum Gasteiger partial charge on any atom is -0.132 e. The van der Waals surface area contributed by atoms with Gasteiger partial charge in [-0.05, 0) is 0 Å². The first-order valence-electron chi connectivity index (χ1n) is 4.12. The van der Waals surface area contributed by atoms with E-state index < -0.39 is 46.1 Å². The van der Waals surface area contributed by atoms with Crippen LogP contribution in [0.5, 0.6) is 0 Å². The minimum atomic E-state index is -3.24. The zero-order chi connectivity index (χ0) is 15.7. The second kappa shape index (κ2) is 10.7. The largest absolute Gasteiger partial charge is 0.716 e. The number of rotatable bonds is 11. The van der Waals surface area contributed by atoms with Gasteiger partial charge in [0, 0.05) is 47.2 Å². The van der Waals surface area contributed by atoms with E-state index in [9.17, 15) is 18.3 Å². The Labute approximate surface area is 114 Å². The molecule has 4 N–H and O–H groups in total. The average molecular weight is 376 g/mol. The molecule has 114 valence electrons. The lowest BCUT2D eigenvalue weighted by molar-refractivity contribution is -0.298. The lowest BCUT2D eigenvalue weighted by Crippen LogP contribution is -2.31. The summed E-state index contributed by atoms with van der Waals surface area (Å²) >= 11 is 0. The van der Waals surface area contributed by atoms with Crippen LogP contribution in [0.1, 0.15) is 0 Å². The second-order valence-electron chi connectivity index (χ2n) is 2.39. The molecule has 0 saturated heterocycles. The van der Waals surface area contributed by atoms with Crippen LogP contribution in [0.3, 0.4) is 0 Å². The summed E-state index contributed by atoms with van der Waals surface area (Å²) in [5, 5.41) is 0.151. The molecule has 0 aromatic carbocycles. The smallest absolute Gasteiger partial charge is 0.132 e. The van der Waals surface area contributed by atoms with Gasteiger partial charge < -0.3 is 0 Å². The molecule has 18 heteroatoms. The van der Waals surface area contributed by atoms with Crippen LogP contribution in [0.4, 0.5) is 0 Å². The summed E-state index contributed by atoms with van der Waals surface area (Å²) in [6, 6.07) is 0. The zero-order valence-electron chi connectivity index (χ0n) is 9.15. The summed E-state index contributed by atoms with van der Waals surface area (Å²) < 4.78 is 57.7. The number of hydrogen-bond acceptors (Lipinski definition) is 10. The minimum absolute atomic E-state index is 0.0754.